The molecule has 1 heterocycles. The lowest BCUT2D eigenvalue weighted by atomic mass is 9.49. The van der Waals surface area contributed by atoms with Crippen LogP contribution in [-0.2, 0) is 4.79 Å². The summed E-state index contributed by atoms with van der Waals surface area (Å²) < 4.78 is 0. The highest BCUT2D eigenvalue weighted by atomic mass is 16.2. The zero-order chi connectivity index (χ0) is 24.1. The van der Waals surface area contributed by atoms with Crippen molar-refractivity contribution in [3.05, 3.63) is 30.3 Å². The summed E-state index contributed by atoms with van der Waals surface area (Å²) in [6.07, 6.45) is 12.8. The zero-order valence-corrected chi connectivity index (χ0v) is 21.0. The van der Waals surface area contributed by atoms with E-state index in [2.05, 4.69) is 22.0 Å². The van der Waals surface area contributed by atoms with Gasteiger partial charge in [-0.15, -0.1) is 0 Å². The number of nitrogens with zero attached hydrogens (tertiary/aromatic N) is 1. The number of carbonyl (C=O) groups excluding carboxylic acids is 1. The van der Waals surface area contributed by atoms with E-state index in [1.54, 1.807) is 0 Å². The quantitative estimate of drug-likeness (QED) is 0.292. The third-order valence-electron chi connectivity index (χ3n) is 8.55. The average Bonchev–Trinajstić information content (AvgIpc) is 2.82. The largest absolute Gasteiger partial charge is 0.396 e. The SMILES string of the molecule is O=C(CC12CC3CC(CC(C3)C1)C2)Nc1cccc2nc(NCCCNCCCCCO)ccc12. The van der Waals surface area contributed by atoms with Crippen LogP contribution < -0.4 is 16.0 Å². The lowest BCUT2D eigenvalue weighted by molar-refractivity contribution is -0.124. The van der Waals surface area contributed by atoms with E-state index in [0.717, 1.165) is 85.5 Å². The Hall–Kier alpha value is -2.18. The van der Waals surface area contributed by atoms with Crippen LogP contribution in [0.3, 0.4) is 0 Å². The molecule has 6 heteroatoms. The van der Waals surface area contributed by atoms with E-state index in [1.165, 1.54) is 38.5 Å². The van der Waals surface area contributed by atoms with Crippen LogP contribution >= 0.6 is 0 Å². The van der Waals surface area contributed by atoms with Crippen molar-refractivity contribution in [3.8, 4) is 0 Å². The maximum absolute atomic E-state index is 13.1. The molecule has 4 aliphatic rings. The number of hydrogen-bond donors (Lipinski definition) is 4. The van der Waals surface area contributed by atoms with Gasteiger partial charge in [-0.1, -0.05) is 6.07 Å². The number of amides is 1. The molecule has 4 bridgehead atoms. The molecule has 0 aliphatic heterocycles. The number of aliphatic hydroxyl groups excluding tert-OH is 1. The monoisotopic (exact) mass is 478 g/mol. The van der Waals surface area contributed by atoms with Crippen molar-refractivity contribution in [3.63, 3.8) is 0 Å². The van der Waals surface area contributed by atoms with Crippen LogP contribution in [0.15, 0.2) is 30.3 Å². The van der Waals surface area contributed by atoms with Gasteiger partial charge in [-0.3, -0.25) is 4.79 Å². The number of rotatable bonds is 13. The summed E-state index contributed by atoms with van der Waals surface area (Å²) in [6.45, 7) is 3.13. The molecular formula is C29H42N4O2. The van der Waals surface area contributed by atoms with Gasteiger partial charge in [-0.25, -0.2) is 4.98 Å². The number of anilines is 2. The minimum absolute atomic E-state index is 0.172. The van der Waals surface area contributed by atoms with Crippen molar-refractivity contribution in [2.45, 2.75) is 70.6 Å². The van der Waals surface area contributed by atoms with Gasteiger partial charge in [0, 0.05) is 25.0 Å². The summed E-state index contributed by atoms with van der Waals surface area (Å²) in [5.41, 5.74) is 2.04. The minimum atomic E-state index is 0.172. The van der Waals surface area contributed by atoms with E-state index in [4.69, 9.17) is 10.1 Å². The summed E-state index contributed by atoms with van der Waals surface area (Å²) in [6, 6.07) is 10.1. The normalized spacial score (nSPS) is 26.8. The second kappa shape index (κ2) is 11.3. The Bertz CT molecular complexity index is 972. The number of fused-ring (bicyclic) bond motifs is 1. The van der Waals surface area contributed by atoms with Gasteiger partial charge in [0.25, 0.3) is 0 Å². The van der Waals surface area contributed by atoms with Crippen molar-refractivity contribution in [2.24, 2.45) is 23.2 Å². The van der Waals surface area contributed by atoms with Crippen molar-refractivity contribution in [1.82, 2.24) is 10.3 Å². The van der Waals surface area contributed by atoms with Gasteiger partial charge in [0.15, 0.2) is 0 Å². The van der Waals surface area contributed by atoms with Gasteiger partial charge in [-0.2, -0.15) is 0 Å². The fourth-order valence-corrected chi connectivity index (χ4v) is 7.50. The van der Waals surface area contributed by atoms with E-state index in [0.29, 0.717) is 13.0 Å². The highest BCUT2D eigenvalue weighted by molar-refractivity contribution is 6.01. The van der Waals surface area contributed by atoms with Crippen LogP contribution in [0.25, 0.3) is 10.9 Å². The number of carbonyl (C=O) groups is 1. The smallest absolute Gasteiger partial charge is 0.224 e. The van der Waals surface area contributed by atoms with Crippen LogP contribution in [0.4, 0.5) is 11.5 Å². The number of unbranched alkanes of at least 4 members (excludes halogenated alkanes) is 2. The Morgan fingerprint density at radius 2 is 1.66 bits per heavy atom. The number of aliphatic hydroxyl groups is 1. The highest BCUT2D eigenvalue weighted by Crippen LogP contribution is 2.61. The number of benzene rings is 1. The molecule has 0 unspecified atom stereocenters. The number of aromatic nitrogens is 1. The summed E-state index contributed by atoms with van der Waals surface area (Å²) in [4.78, 5) is 17.9. The molecule has 35 heavy (non-hydrogen) atoms. The van der Waals surface area contributed by atoms with E-state index in [9.17, 15) is 4.79 Å². The Kier molecular flexibility index (Phi) is 7.88. The van der Waals surface area contributed by atoms with Crippen molar-refractivity contribution >= 4 is 28.3 Å². The Labute approximate surface area is 209 Å². The molecule has 6 rings (SSSR count). The molecule has 0 radical (unpaired) electrons. The molecule has 4 fully saturated rings. The summed E-state index contributed by atoms with van der Waals surface area (Å²) >= 11 is 0. The lowest BCUT2D eigenvalue weighted by Gasteiger charge is -2.56. The Morgan fingerprint density at radius 3 is 2.40 bits per heavy atom. The van der Waals surface area contributed by atoms with Gasteiger partial charge in [0.2, 0.25) is 5.91 Å². The first-order chi connectivity index (χ1) is 17.1. The van der Waals surface area contributed by atoms with Crippen LogP contribution in [0.1, 0.15) is 70.6 Å². The summed E-state index contributed by atoms with van der Waals surface area (Å²) in [5.74, 6) is 3.65. The van der Waals surface area contributed by atoms with Gasteiger partial charge < -0.3 is 21.1 Å². The summed E-state index contributed by atoms with van der Waals surface area (Å²) in [5, 5.41) is 19.9. The maximum Gasteiger partial charge on any atom is 0.224 e. The lowest BCUT2D eigenvalue weighted by Crippen LogP contribution is -2.47. The van der Waals surface area contributed by atoms with E-state index in [1.807, 2.05) is 24.3 Å². The van der Waals surface area contributed by atoms with Crippen molar-refractivity contribution in [1.29, 1.82) is 0 Å². The molecule has 4 aliphatic carbocycles. The minimum Gasteiger partial charge on any atom is -0.396 e. The zero-order valence-electron chi connectivity index (χ0n) is 21.0. The molecule has 190 valence electrons. The van der Waals surface area contributed by atoms with Gasteiger partial charge in [-0.05, 0) is 125 Å². The molecule has 2 aromatic rings. The first kappa shape index (κ1) is 24.5. The molecule has 1 amide bonds. The molecule has 0 saturated heterocycles. The highest BCUT2D eigenvalue weighted by Gasteiger charge is 2.51. The Morgan fingerprint density at radius 1 is 0.914 bits per heavy atom. The molecule has 6 nitrogen and oxygen atoms in total. The topological polar surface area (TPSA) is 86.3 Å². The fourth-order valence-electron chi connectivity index (χ4n) is 7.50. The number of hydrogen-bond acceptors (Lipinski definition) is 5. The second-order valence-electron chi connectivity index (χ2n) is 11.5. The van der Waals surface area contributed by atoms with E-state index in [-0.39, 0.29) is 11.3 Å². The molecule has 0 spiro atoms. The first-order valence-electron chi connectivity index (χ1n) is 13.9. The van der Waals surface area contributed by atoms with Crippen LogP contribution in [0.5, 0.6) is 0 Å². The standard InChI is InChI=1S/C29H42N4O2/c34-13-3-1-2-10-30-11-5-12-31-27-9-8-24-25(32-27)6-4-7-26(24)33-28(35)20-29-17-21-14-22(18-29)16-23(15-21)19-29/h4,6-9,21-23,30,34H,1-3,5,10-20H2,(H,31,32)(H,33,35). The van der Waals surface area contributed by atoms with Crippen molar-refractivity contribution < 1.29 is 9.90 Å². The molecule has 4 saturated carbocycles. The van der Waals surface area contributed by atoms with E-state index >= 15 is 0 Å². The number of nitrogens with one attached hydrogen (secondary N) is 3. The maximum atomic E-state index is 13.1. The van der Waals surface area contributed by atoms with Crippen LogP contribution in [0.2, 0.25) is 0 Å². The molecule has 4 N–H and O–H groups in total. The van der Waals surface area contributed by atoms with Crippen LogP contribution in [0, 0.1) is 23.2 Å². The number of pyridine rings is 1. The van der Waals surface area contributed by atoms with E-state index < -0.39 is 0 Å². The first-order valence-corrected chi connectivity index (χ1v) is 13.9. The van der Waals surface area contributed by atoms with Gasteiger partial charge in [0.1, 0.15) is 5.82 Å². The molecular weight excluding hydrogens is 436 g/mol. The Balaban J connectivity index is 1.11. The van der Waals surface area contributed by atoms with Gasteiger partial charge in [0.05, 0.1) is 11.2 Å². The average molecular weight is 479 g/mol. The fraction of sp³-hybridized carbons (Fsp3) is 0.655. The van der Waals surface area contributed by atoms with Crippen molar-refractivity contribution in [2.75, 3.05) is 36.9 Å². The molecule has 0 atom stereocenters. The summed E-state index contributed by atoms with van der Waals surface area (Å²) in [7, 11) is 0. The van der Waals surface area contributed by atoms with Gasteiger partial charge >= 0.3 is 0 Å². The third-order valence-corrected chi connectivity index (χ3v) is 8.55. The second-order valence-corrected chi connectivity index (χ2v) is 11.5. The molecule has 1 aromatic heterocycles. The predicted molar refractivity (Wildman–Crippen MR) is 143 cm³/mol. The predicted octanol–water partition coefficient (Wildman–Crippen LogP) is 5.33. The third kappa shape index (κ3) is 6.15. The molecule has 1 aromatic carbocycles. The van der Waals surface area contributed by atoms with Crippen LogP contribution in [-0.4, -0.2) is 42.2 Å².